The van der Waals surface area contributed by atoms with Crippen molar-refractivity contribution in [2.45, 2.75) is 59.5 Å². The van der Waals surface area contributed by atoms with Gasteiger partial charge in [-0.3, -0.25) is 9.59 Å². The number of carbonyl (C=O) groups excluding carboxylic acids is 2. The number of nitrogens with zero attached hydrogens (tertiary/aromatic N) is 1. The van der Waals surface area contributed by atoms with Gasteiger partial charge in [-0.1, -0.05) is 43.3 Å². The summed E-state index contributed by atoms with van der Waals surface area (Å²) in [4.78, 5) is 27.7. The first-order valence-electron chi connectivity index (χ1n) is 11.5. The summed E-state index contributed by atoms with van der Waals surface area (Å²) in [6, 6.07) is 15.1. The van der Waals surface area contributed by atoms with Gasteiger partial charge in [-0.25, -0.2) is 0 Å². The molecular formula is C26H36N2O4. The van der Waals surface area contributed by atoms with Gasteiger partial charge in [0.1, 0.15) is 6.04 Å². The van der Waals surface area contributed by atoms with E-state index in [-0.39, 0.29) is 11.8 Å². The van der Waals surface area contributed by atoms with E-state index in [0.717, 1.165) is 11.1 Å². The van der Waals surface area contributed by atoms with E-state index in [4.69, 9.17) is 9.47 Å². The van der Waals surface area contributed by atoms with E-state index in [0.29, 0.717) is 57.1 Å². The zero-order chi connectivity index (χ0) is 23.3. The molecule has 0 spiro atoms. The van der Waals surface area contributed by atoms with Crippen molar-refractivity contribution >= 4 is 11.8 Å². The van der Waals surface area contributed by atoms with Gasteiger partial charge in [0, 0.05) is 19.5 Å². The molecule has 174 valence electrons. The third-order valence-corrected chi connectivity index (χ3v) is 5.17. The molecule has 0 saturated carbocycles. The molecule has 6 nitrogen and oxygen atoms in total. The number of hydrogen-bond donors (Lipinski definition) is 1. The summed E-state index contributed by atoms with van der Waals surface area (Å²) in [5.41, 5.74) is 2.00. The van der Waals surface area contributed by atoms with Crippen LogP contribution in [0.2, 0.25) is 0 Å². The third-order valence-electron chi connectivity index (χ3n) is 5.17. The molecule has 0 aliphatic rings. The van der Waals surface area contributed by atoms with Crippen molar-refractivity contribution in [3.8, 4) is 11.5 Å². The Hall–Kier alpha value is -3.02. The van der Waals surface area contributed by atoms with Crippen molar-refractivity contribution in [2.75, 3.05) is 19.8 Å². The molecule has 1 unspecified atom stereocenters. The molecule has 0 heterocycles. The van der Waals surface area contributed by atoms with E-state index < -0.39 is 6.04 Å². The molecule has 1 atom stereocenters. The van der Waals surface area contributed by atoms with Crippen LogP contribution < -0.4 is 14.8 Å². The highest BCUT2D eigenvalue weighted by atomic mass is 16.5. The van der Waals surface area contributed by atoms with Crippen LogP contribution in [0.4, 0.5) is 0 Å². The first-order chi connectivity index (χ1) is 15.5. The normalized spacial score (nSPS) is 11.5. The fourth-order valence-corrected chi connectivity index (χ4v) is 3.64. The smallest absolute Gasteiger partial charge is 0.242 e. The molecular weight excluding hydrogens is 404 g/mol. The minimum atomic E-state index is -0.498. The number of rotatable bonds is 13. The van der Waals surface area contributed by atoms with Gasteiger partial charge < -0.3 is 19.7 Å². The number of benzene rings is 2. The van der Waals surface area contributed by atoms with Crippen LogP contribution in [0.1, 0.15) is 51.7 Å². The van der Waals surface area contributed by atoms with Crippen molar-refractivity contribution in [1.82, 2.24) is 10.2 Å². The number of hydrogen-bond acceptors (Lipinski definition) is 4. The fourth-order valence-electron chi connectivity index (χ4n) is 3.64. The SMILES string of the molecule is CCNC(=O)C(CC)N(Cc1ccccc1)C(=O)CCc1ccc(OCC)c(OCC)c1. The van der Waals surface area contributed by atoms with Gasteiger partial charge in [0.15, 0.2) is 11.5 Å². The van der Waals surface area contributed by atoms with Crippen LogP contribution in [-0.2, 0) is 22.6 Å². The number of aryl methyl sites for hydroxylation is 1. The molecule has 32 heavy (non-hydrogen) atoms. The fraction of sp³-hybridized carbons (Fsp3) is 0.462. The van der Waals surface area contributed by atoms with Crippen LogP contribution in [0.15, 0.2) is 48.5 Å². The van der Waals surface area contributed by atoms with Crippen LogP contribution >= 0.6 is 0 Å². The molecule has 0 aliphatic carbocycles. The van der Waals surface area contributed by atoms with Crippen LogP contribution in [-0.4, -0.2) is 42.5 Å². The van der Waals surface area contributed by atoms with Crippen molar-refractivity contribution in [1.29, 1.82) is 0 Å². The van der Waals surface area contributed by atoms with Gasteiger partial charge in [0.05, 0.1) is 13.2 Å². The Labute approximate surface area is 191 Å². The summed E-state index contributed by atoms with van der Waals surface area (Å²) in [7, 11) is 0. The number of nitrogens with one attached hydrogen (secondary N) is 1. The Morgan fingerprint density at radius 3 is 2.22 bits per heavy atom. The summed E-state index contributed by atoms with van der Waals surface area (Å²) >= 11 is 0. The van der Waals surface area contributed by atoms with Crippen LogP contribution in [0.3, 0.4) is 0 Å². The molecule has 0 fully saturated rings. The van der Waals surface area contributed by atoms with Gasteiger partial charge in [0.25, 0.3) is 0 Å². The number of likely N-dealkylation sites (N-methyl/N-ethyl adjacent to an activating group) is 1. The average molecular weight is 441 g/mol. The zero-order valence-corrected chi connectivity index (χ0v) is 19.7. The first-order valence-corrected chi connectivity index (χ1v) is 11.5. The molecule has 2 rings (SSSR count). The summed E-state index contributed by atoms with van der Waals surface area (Å²) in [6.07, 6.45) is 1.42. The summed E-state index contributed by atoms with van der Waals surface area (Å²) < 4.78 is 11.3. The van der Waals surface area contributed by atoms with Crippen molar-refractivity contribution in [3.63, 3.8) is 0 Å². The molecule has 0 radical (unpaired) electrons. The molecule has 6 heteroatoms. The minimum absolute atomic E-state index is 0.0428. The second-order valence-corrected chi connectivity index (χ2v) is 7.47. The Morgan fingerprint density at radius 1 is 0.906 bits per heavy atom. The lowest BCUT2D eigenvalue weighted by atomic mass is 10.1. The largest absolute Gasteiger partial charge is 0.490 e. The summed E-state index contributed by atoms with van der Waals surface area (Å²) in [6.45, 7) is 9.73. The Morgan fingerprint density at radius 2 is 1.59 bits per heavy atom. The summed E-state index contributed by atoms with van der Waals surface area (Å²) in [5.74, 6) is 1.24. The first kappa shape index (κ1) is 25.2. The molecule has 0 aromatic heterocycles. The standard InChI is InChI=1S/C26H36N2O4/c1-5-22(26(30)27-6-2)28(19-21-12-10-9-11-13-21)25(29)17-15-20-14-16-23(31-7-3)24(18-20)32-8-4/h9-14,16,18,22H,5-8,15,17,19H2,1-4H3,(H,27,30). The topological polar surface area (TPSA) is 67.9 Å². The van der Waals surface area contributed by atoms with Crippen molar-refractivity contribution < 1.29 is 19.1 Å². The zero-order valence-electron chi connectivity index (χ0n) is 19.7. The van der Waals surface area contributed by atoms with Gasteiger partial charge in [-0.15, -0.1) is 0 Å². The quantitative estimate of drug-likeness (QED) is 0.503. The van der Waals surface area contributed by atoms with Crippen LogP contribution in [0.5, 0.6) is 11.5 Å². The highest BCUT2D eigenvalue weighted by molar-refractivity contribution is 5.87. The van der Waals surface area contributed by atoms with Crippen LogP contribution in [0, 0.1) is 0 Å². The van der Waals surface area contributed by atoms with E-state index in [1.165, 1.54) is 0 Å². The maximum Gasteiger partial charge on any atom is 0.242 e. The molecule has 2 aromatic carbocycles. The second kappa shape index (κ2) is 13.4. The Bertz CT molecular complexity index is 854. The predicted octanol–water partition coefficient (Wildman–Crippen LogP) is 4.36. The van der Waals surface area contributed by atoms with Gasteiger partial charge in [-0.2, -0.15) is 0 Å². The highest BCUT2D eigenvalue weighted by Gasteiger charge is 2.28. The Balaban J connectivity index is 2.18. The van der Waals surface area contributed by atoms with E-state index in [9.17, 15) is 9.59 Å². The lowest BCUT2D eigenvalue weighted by Gasteiger charge is -2.30. The number of carbonyl (C=O) groups is 2. The molecule has 2 amide bonds. The third kappa shape index (κ3) is 7.29. The van der Waals surface area contributed by atoms with E-state index in [1.807, 2.05) is 76.2 Å². The van der Waals surface area contributed by atoms with Crippen molar-refractivity contribution in [2.24, 2.45) is 0 Å². The molecule has 0 saturated heterocycles. The molecule has 0 bridgehead atoms. The van der Waals surface area contributed by atoms with E-state index >= 15 is 0 Å². The lowest BCUT2D eigenvalue weighted by molar-refractivity contribution is -0.141. The maximum absolute atomic E-state index is 13.3. The van der Waals surface area contributed by atoms with Crippen LogP contribution in [0.25, 0.3) is 0 Å². The van der Waals surface area contributed by atoms with Crippen molar-refractivity contribution in [3.05, 3.63) is 59.7 Å². The minimum Gasteiger partial charge on any atom is -0.490 e. The van der Waals surface area contributed by atoms with Gasteiger partial charge in [0.2, 0.25) is 11.8 Å². The van der Waals surface area contributed by atoms with Gasteiger partial charge >= 0.3 is 0 Å². The molecule has 2 aromatic rings. The van der Waals surface area contributed by atoms with Gasteiger partial charge in [-0.05, 0) is 56.9 Å². The average Bonchev–Trinajstić information content (AvgIpc) is 2.80. The number of ether oxygens (including phenoxy) is 2. The maximum atomic E-state index is 13.3. The predicted molar refractivity (Wildman–Crippen MR) is 127 cm³/mol. The molecule has 1 N–H and O–H groups in total. The summed E-state index contributed by atoms with van der Waals surface area (Å²) in [5, 5.41) is 2.87. The second-order valence-electron chi connectivity index (χ2n) is 7.47. The monoisotopic (exact) mass is 440 g/mol. The molecule has 0 aliphatic heterocycles. The number of amides is 2. The lowest BCUT2D eigenvalue weighted by Crippen LogP contribution is -2.49. The Kier molecular flexibility index (Phi) is 10.6. The van der Waals surface area contributed by atoms with E-state index in [2.05, 4.69) is 5.32 Å². The van der Waals surface area contributed by atoms with E-state index in [1.54, 1.807) is 4.90 Å². The highest BCUT2D eigenvalue weighted by Crippen LogP contribution is 2.29.